The molecule has 3 nitrogen and oxygen atoms in total. The van der Waals surface area contributed by atoms with E-state index in [2.05, 4.69) is 30.1 Å². The maximum Gasteiger partial charge on any atom is 0.407 e. The lowest BCUT2D eigenvalue weighted by Gasteiger charge is -2.27. The fraction of sp³-hybridized carbons (Fsp3) is 0.471. The molecule has 0 bridgehead atoms. The Hall–Kier alpha value is -1.77. The zero-order chi connectivity index (χ0) is 14.8. The molecular formula is C17H23NO2. The highest BCUT2D eigenvalue weighted by atomic mass is 16.6. The summed E-state index contributed by atoms with van der Waals surface area (Å²) in [5.74, 6) is 0. The van der Waals surface area contributed by atoms with Gasteiger partial charge in [0.1, 0.15) is 5.60 Å². The van der Waals surface area contributed by atoms with Crippen molar-refractivity contribution in [1.82, 2.24) is 5.32 Å². The smallest absolute Gasteiger partial charge is 0.407 e. The number of alkyl carbamates (subject to hydrolysis) is 1. The molecule has 1 aromatic carbocycles. The number of amides is 1. The van der Waals surface area contributed by atoms with Crippen molar-refractivity contribution in [1.29, 1.82) is 0 Å². The minimum absolute atomic E-state index is 0.150. The Kier molecular flexibility index (Phi) is 4.17. The summed E-state index contributed by atoms with van der Waals surface area (Å²) in [6.45, 7) is 9.42. The highest BCUT2D eigenvalue weighted by Gasteiger charge is 2.23. The molecule has 1 N–H and O–H groups in total. The summed E-state index contributed by atoms with van der Waals surface area (Å²) in [5, 5.41) is 2.97. The van der Waals surface area contributed by atoms with Crippen molar-refractivity contribution < 1.29 is 9.53 Å². The van der Waals surface area contributed by atoms with Gasteiger partial charge in [0.05, 0.1) is 0 Å². The predicted octanol–water partition coefficient (Wildman–Crippen LogP) is 3.71. The lowest BCUT2D eigenvalue weighted by atomic mass is 9.87. The van der Waals surface area contributed by atoms with Crippen LogP contribution in [-0.2, 0) is 17.6 Å². The molecule has 0 saturated heterocycles. The molecule has 20 heavy (non-hydrogen) atoms. The van der Waals surface area contributed by atoms with E-state index in [-0.39, 0.29) is 12.1 Å². The number of ether oxygens (including phenoxy) is 1. The molecule has 1 amide bonds. The summed E-state index contributed by atoms with van der Waals surface area (Å²) < 4.78 is 5.31. The lowest BCUT2D eigenvalue weighted by Crippen LogP contribution is -2.41. The van der Waals surface area contributed by atoms with E-state index in [1.807, 2.05) is 26.8 Å². The summed E-state index contributed by atoms with van der Waals surface area (Å²) in [5.41, 5.74) is 3.35. The molecule has 0 fully saturated rings. The second-order valence-electron chi connectivity index (χ2n) is 6.32. The molecular weight excluding hydrogens is 250 g/mol. The van der Waals surface area contributed by atoms with Gasteiger partial charge in [-0.25, -0.2) is 4.79 Å². The van der Waals surface area contributed by atoms with E-state index < -0.39 is 5.60 Å². The van der Waals surface area contributed by atoms with Crippen molar-refractivity contribution in [2.75, 3.05) is 0 Å². The molecule has 108 valence electrons. The zero-order valence-corrected chi connectivity index (χ0v) is 12.5. The number of fused-ring (bicyclic) bond motifs is 1. The standard InChI is InChI=1S/C17H23NO2/c1-5-12-6-7-13-8-9-15(11-14(13)10-12)18-16(19)20-17(2,3)4/h5-7,10,15H,1,8-9,11H2,2-4H3,(H,18,19)/t15-/m0/s1. The molecule has 0 saturated carbocycles. The maximum absolute atomic E-state index is 11.8. The summed E-state index contributed by atoms with van der Waals surface area (Å²) in [6, 6.07) is 6.56. The van der Waals surface area contributed by atoms with Crippen LogP contribution in [0.4, 0.5) is 4.79 Å². The van der Waals surface area contributed by atoms with Crippen molar-refractivity contribution in [3.05, 3.63) is 41.5 Å². The van der Waals surface area contributed by atoms with Crippen molar-refractivity contribution in [3.63, 3.8) is 0 Å². The number of carbonyl (C=O) groups excluding carboxylic acids is 1. The highest BCUT2D eigenvalue weighted by Crippen LogP contribution is 2.23. The van der Waals surface area contributed by atoms with Crippen LogP contribution in [0.25, 0.3) is 6.08 Å². The average Bonchev–Trinajstić information content (AvgIpc) is 2.35. The summed E-state index contributed by atoms with van der Waals surface area (Å²) in [6.07, 6.45) is 4.33. The van der Waals surface area contributed by atoms with Crippen LogP contribution in [0.3, 0.4) is 0 Å². The van der Waals surface area contributed by atoms with Crippen LogP contribution in [0.2, 0.25) is 0 Å². The van der Waals surface area contributed by atoms with Gasteiger partial charge < -0.3 is 10.1 Å². The van der Waals surface area contributed by atoms with Crippen LogP contribution in [0.15, 0.2) is 24.8 Å². The SMILES string of the molecule is C=Cc1ccc2c(c1)C[C@@H](NC(=O)OC(C)(C)C)CC2. The number of benzene rings is 1. The normalized spacial score (nSPS) is 18.1. The molecule has 0 spiro atoms. The van der Waals surface area contributed by atoms with Gasteiger partial charge in [-0.1, -0.05) is 30.9 Å². The number of hydrogen-bond acceptors (Lipinski definition) is 2. The van der Waals surface area contributed by atoms with Gasteiger partial charge in [-0.3, -0.25) is 0 Å². The molecule has 1 aliphatic carbocycles. The first-order valence-electron chi connectivity index (χ1n) is 7.11. The summed E-state index contributed by atoms with van der Waals surface area (Å²) in [7, 11) is 0. The highest BCUT2D eigenvalue weighted by molar-refractivity contribution is 5.68. The first-order valence-corrected chi connectivity index (χ1v) is 7.11. The largest absolute Gasteiger partial charge is 0.444 e. The second kappa shape index (κ2) is 5.70. The Morgan fingerprint density at radius 3 is 2.80 bits per heavy atom. The molecule has 0 radical (unpaired) electrons. The van der Waals surface area contributed by atoms with Crippen molar-refractivity contribution in [2.24, 2.45) is 0 Å². The summed E-state index contributed by atoms with van der Waals surface area (Å²) in [4.78, 5) is 11.8. The zero-order valence-electron chi connectivity index (χ0n) is 12.5. The van der Waals surface area contributed by atoms with Gasteiger partial charge in [-0.05, 0) is 56.7 Å². The van der Waals surface area contributed by atoms with Crippen molar-refractivity contribution in [2.45, 2.75) is 51.7 Å². The minimum Gasteiger partial charge on any atom is -0.444 e. The van der Waals surface area contributed by atoms with Crippen LogP contribution in [0.5, 0.6) is 0 Å². The van der Waals surface area contributed by atoms with Crippen LogP contribution in [0, 0.1) is 0 Å². The predicted molar refractivity (Wildman–Crippen MR) is 81.7 cm³/mol. The van der Waals surface area contributed by atoms with E-state index in [1.165, 1.54) is 11.1 Å². The molecule has 0 heterocycles. The Morgan fingerprint density at radius 2 is 2.15 bits per heavy atom. The summed E-state index contributed by atoms with van der Waals surface area (Å²) >= 11 is 0. The van der Waals surface area contributed by atoms with E-state index in [9.17, 15) is 4.79 Å². The van der Waals surface area contributed by atoms with E-state index in [0.29, 0.717) is 0 Å². The third kappa shape index (κ3) is 3.86. The Balaban J connectivity index is 2.00. The molecule has 0 unspecified atom stereocenters. The topological polar surface area (TPSA) is 38.3 Å². The van der Waals surface area contributed by atoms with Gasteiger partial charge in [0.25, 0.3) is 0 Å². The molecule has 0 aromatic heterocycles. The van der Waals surface area contributed by atoms with Gasteiger partial charge in [0.15, 0.2) is 0 Å². The fourth-order valence-corrected chi connectivity index (χ4v) is 2.50. The number of rotatable bonds is 2. The maximum atomic E-state index is 11.8. The second-order valence-corrected chi connectivity index (χ2v) is 6.32. The van der Waals surface area contributed by atoms with Gasteiger partial charge in [-0.2, -0.15) is 0 Å². The fourth-order valence-electron chi connectivity index (χ4n) is 2.50. The number of nitrogens with one attached hydrogen (secondary N) is 1. The minimum atomic E-state index is -0.452. The van der Waals surface area contributed by atoms with Gasteiger partial charge in [0, 0.05) is 6.04 Å². The Bertz CT molecular complexity index is 514. The number of aryl methyl sites for hydroxylation is 1. The molecule has 1 aliphatic rings. The van der Waals surface area contributed by atoms with E-state index in [0.717, 1.165) is 24.8 Å². The molecule has 3 heteroatoms. The van der Waals surface area contributed by atoms with E-state index in [1.54, 1.807) is 0 Å². The Morgan fingerprint density at radius 1 is 1.40 bits per heavy atom. The number of carbonyl (C=O) groups is 1. The van der Waals surface area contributed by atoms with Crippen LogP contribution < -0.4 is 5.32 Å². The van der Waals surface area contributed by atoms with Crippen LogP contribution >= 0.6 is 0 Å². The third-order valence-electron chi connectivity index (χ3n) is 3.42. The third-order valence-corrected chi connectivity index (χ3v) is 3.42. The average molecular weight is 273 g/mol. The van der Waals surface area contributed by atoms with Gasteiger partial charge >= 0.3 is 6.09 Å². The van der Waals surface area contributed by atoms with Crippen molar-refractivity contribution in [3.8, 4) is 0 Å². The van der Waals surface area contributed by atoms with Crippen LogP contribution in [-0.4, -0.2) is 17.7 Å². The molecule has 0 aliphatic heterocycles. The Labute approximate surface area is 121 Å². The quantitative estimate of drug-likeness (QED) is 0.892. The van der Waals surface area contributed by atoms with E-state index in [4.69, 9.17) is 4.74 Å². The number of hydrogen-bond donors (Lipinski definition) is 1. The van der Waals surface area contributed by atoms with Crippen LogP contribution in [0.1, 0.15) is 43.9 Å². The lowest BCUT2D eigenvalue weighted by molar-refractivity contribution is 0.0500. The van der Waals surface area contributed by atoms with Gasteiger partial charge in [0.2, 0.25) is 0 Å². The monoisotopic (exact) mass is 273 g/mol. The van der Waals surface area contributed by atoms with Crippen molar-refractivity contribution >= 4 is 12.2 Å². The molecule has 1 atom stereocenters. The molecule has 2 rings (SSSR count). The van der Waals surface area contributed by atoms with Gasteiger partial charge in [-0.15, -0.1) is 0 Å². The molecule has 1 aromatic rings. The van der Waals surface area contributed by atoms with E-state index >= 15 is 0 Å². The first-order chi connectivity index (χ1) is 9.37. The first kappa shape index (κ1) is 14.6.